The molecule has 4 N–H and O–H groups in total. The van der Waals surface area contributed by atoms with Crippen LogP contribution in [0.25, 0.3) is 0 Å². The molecule has 1 amide bonds. The van der Waals surface area contributed by atoms with Crippen molar-refractivity contribution in [2.75, 3.05) is 11.9 Å². The minimum atomic E-state index is -2.29. The van der Waals surface area contributed by atoms with Crippen LogP contribution in [0.2, 0.25) is 10.0 Å². The Morgan fingerprint density at radius 3 is 2.53 bits per heavy atom. The van der Waals surface area contributed by atoms with Crippen LogP contribution in [0.15, 0.2) is 18.2 Å². The number of carboxylic acids is 2. The highest BCUT2D eigenvalue weighted by molar-refractivity contribution is 6.50. The second-order valence-electron chi connectivity index (χ2n) is 7.80. The average molecular weight is 489 g/mol. The lowest BCUT2D eigenvalue weighted by atomic mass is 9.70. The summed E-state index contributed by atoms with van der Waals surface area (Å²) in [4.78, 5) is 47.6. The summed E-state index contributed by atoms with van der Waals surface area (Å²) in [5.41, 5.74) is -1.86. The number of hydrogen-bond acceptors (Lipinski definition) is 7. The molecule has 0 aliphatic carbocycles. The molecule has 0 unspecified atom stereocenters. The quantitative estimate of drug-likeness (QED) is 0.363. The topological polar surface area (TPSA) is 151 Å². The van der Waals surface area contributed by atoms with Crippen molar-refractivity contribution >= 4 is 59.8 Å². The Kier molecular flexibility index (Phi) is 8.77. The van der Waals surface area contributed by atoms with Crippen molar-refractivity contribution in [2.45, 2.75) is 44.7 Å². The zero-order valence-corrected chi connectivity index (χ0v) is 18.9. The molecule has 32 heavy (non-hydrogen) atoms. The number of halogens is 2. The Morgan fingerprint density at radius 1 is 1.25 bits per heavy atom. The smallest absolute Gasteiger partial charge is 0.508 e. The van der Waals surface area contributed by atoms with E-state index >= 15 is 0 Å². The zero-order valence-electron chi connectivity index (χ0n) is 17.4. The number of hydrogen-bond donors (Lipinski definition) is 4. The molecule has 0 bridgehead atoms. The highest BCUT2D eigenvalue weighted by Crippen LogP contribution is 2.30. The van der Waals surface area contributed by atoms with Crippen LogP contribution in [0.5, 0.6) is 0 Å². The first-order valence-electron chi connectivity index (χ1n) is 9.72. The molecule has 1 aromatic carbocycles. The summed E-state index contributed by atoms with van der Waals surface area (Å²) < 4.78 is 10.6. The lowest BCUT2D eigenvalue weighted by Gasteiger charge is -2.37. The van der Waals surface area contributed by atoms with Crippen molar-refractivity contribution in [2.24, 2.45) is 5.92 Å². The summed E-state index contributed by atoms with van der Waals surface area (Å²) >= 11 is 12.0. The van der Waals surface area contributed by atoms with Crippen LogP contribution < -0.4 is 10.6 Å². The van der Waals surface area contributed by atoms with E-state index in [1.807, 2.05) is 13.8 Å². The summed E-state index contributed by atoms with van der Waals surface area (Å²) in [7, 11) is -1.48. The van der Waals surface area contributed by atoms with Gasteiger partial charge in [-0.2, -0.15) is 0 Å². The fourth-order valence-electron chi connectivity index (χ4n) is 3.22. The number of rotatable bonds is 10. The van der Waals surface area contributed by atoms with Crippen molar-refractivity contribution < 1.29 is 38.7 Å². The van der Waals surface area contributed by atoms with Crippen molar-refractivity contribution in [3.8, 4) is 0 Å². The molecule has 1 aliphatic heterocycles. The predicted molar refractivity (Wildman–Crippen MR) is 117 cm³/mol. The first-order valence-corrected chi connectivity index (χ1v) is 10.5. The molecule has 0 saturated carbocycles. The third-order valence-corrected chi connectivity index (χ3v) is 5.18. The van der Waals surface area contributed by atoms with E-state index in [1.165, 1.54) is 0 Å². The maximum absolute atomic E-state index is 12.5. The van der Waals surface area contributed by atoms with Gasteiger partial charge in [-0.1, -0.05) is 37.0 Å². The summed E-state index contributed by atoms with van der Waals surface area (Å²) in [6.45, 7) is 3.47. The fraction of sp³-hybridized carbons (Fsp3) is 0.474. The van der Waals surface area contributed by atoms with Crippen LogP contribution in [0, 0.1) is 5.92 Å². The summed E-state index contributed by atoms with van der Waals surface area (Å²) in [5, 5.41) is 24.9. The highest BCUT2D eigenvalue weighted by atomic mass is 35.5. The van der Waals surface area contributed by atoms with Gasteiger partial charge in [-0.25, -0.2) is 4.79 Å². The number of carbonyl (C=O) groups is 4. The Hall–Kier alpha value is -2.50. The van der Waals surface area contributed by atoms with Crippen molar-refractivity contribution in [1.29, 1.82) is 0 Å². The Morgan fingerprint density at radius 2 is 1.94 bits per heavy atom. The van der Waals surface area contributed by atoms with E-state index in [4.69, 9.17) is 37.6 Å². The molecule has 174 valence electrons. The van der Waals surface area contributed by atoms with Gasteiger partial charge in [0.25, 0.3) is 5.97 Å². The number of amides is 1. The van der Waals surface area contributed by atoms with Gasteiger partial charge in [0, 0.05) is 5.02 Å². The van der Waals surface area contributed by atoms with Gasteiger partial charge in [-0.3, -0.25) is 14.4 Å². The van der Waals surface area contributed by atoms with E-state index in [0.29, 0.717) is 15.7 Å². The lowest BCUT2D eigenvalue weighted by Crippen LogP contribution is -2.61. The lowest BCUT2D eigenvalue weighted by molar-refractivity contribution is -0.175. The molecule has 1 fully saturated rings. The fourth-order valence-corrected chi connectivity index (χ4v) is 3.58. The van der Waals surface area contributed by atoms with E-state index in [9.17, 15) is 24.3 Å². The van der Waals surface area contributed by atoms with Crippen LogP contribution in [-0.4, -0.2) is 59.2 Å². The molecular weight excluding hydrogens is 466 g/mol. The van der Waals surface area contributed by atoms with Gasteiger partial charge in [-0.05, 0) is 30.5 Å². The molecule has 1 saturated heterocycles. The molecule has 1 aromatic rings. The first kappa shape index (κ1) is 25.8. The molecule has 0 aromatic heterocycles. The van der Waals surface area contributed by atoms with Gasteiger partial charge in [0.2, 0.25) is 5.91 Å². The van der Waals surface area contributed by atoms with Crippen LogP contribution in [-0.2, 0) is 28.5 Å². The van der Waals surface area contributed by atoms with E-state index in [1.54, 1.807) is 18.2 Å². The van der Waals surface area contributed by atoms with E-state index in [-0.39, 0.29) is 18.9 Å². The molecule has 10 nitrogen and oxygen atoms in total. The van der Waals surface area contributed by atoms with Crippen LogP contribution >= 0.6 is 23.2 Å². The largest absolute Gasteiger partial charge is 0.552 e. The van der Waals surface area contributed by atoms with E-state index < -0.39 is 55.3 Å². The van der Waals surface area contributed by atoms with Gasteiger partial charge in [-0.15, -0.1) is 0 Å². The number of carbonyl (C=O) groups excluding carboxylic acids is 2. The van der Waals surface area contributed by atoms with Crippen LogP contribution in [0.4, 0.5) is 5.69 Å². The monoisotopic (exact) mass is 488 g/mol. The minimum absolute atomic E-state index is 0.00133. The highest BCUT2D eigenvalue weighted by Gasteiger charge is 2.54. The van der Waals surface area contributed by atoms with Crippen LogP contribution in [0.1, 0.15) is 33.1 Å². The summed E-state index contributed by atoms with van der Waals surface area (Å²) in [6, 6.07) is 4.70. The third kappa shape index (κ3) is 7.01. The third-order valence-electron chi connectivity index (χ3n) is 4.61. The van der Waals surface area contributed by atoms with Crippen molar-refractivity contribution in [3.05, 3.63) is 28.2 Å². The van der Waals surface area contributed by atoms with Crippen molar-refractivity contribution in [1.82, 2.24) is 5.32 Å². The molecule has 2 rings (SSSR count). The SMILES string of the molecule is CC(C)C[C@H](NC(=O)CNc1cc(Cl)ccc1Cl)B1OC(=O)C[C@](CC(=O)O)(C(=O)O)O1. The van der Waals surface area contributed by atoms with E-state index in [2.05, 4.69) is 10.6 Å². The summed E-state index contributed by atoms with van der Waals surface area (Å²) in [6.07, 6.45) is -1.43. The molecule has 13 heteroatoms. The number of carboxylic acid groups (broad SMARTS) is 2. The zero-order chi connectivity index (χ0) is 24.1. The second-order valence-corrected chi connectivity index (χ2v) is 8.65. The standard InChI is InChI=1S/C19H23BCl2N2O8/c1-10(2)5-14(24-15(25)9-23-13-6-11(21)3-4-12(13)22)20-31-17(28)8-19(32-20,18(29)30)7-16(26)27/h3-4,6,10,14,23H,5,7-9H2,1-2H3,(H,24,25)(H,26,27)(H,29,30)/t14-,19+/m0/s1. The predicted octanol–water partition coefficient (Wildman–Crippen LogP) is 2.23. The van der Waals surface area contributed by atoms with Gasteiger partial charge >= 0.3 is 19.1 Å². The molecule has 0 radical (unpaired) electrons. The first-order chi connectivity index (χ1) is 14.9. The number of nitrogens with one attached hydrogen (secondary N) is 2. The summed E-state index contributed by atoms with van der Waals surface area (Å²) in [5.74, 6) is -5.43. The number of aliphatic carboxylic acids is 2. The molecule has 1 aliphatic rings. The van der Waals surface area contributed by atoms with E-state index in [0.717, 1.165) is 0 Å². The van der Waals surface area contributed by atoms with Gasteiger partial charge < -0.3 is 30.2 Å². The van der Waals surface area contributed by atoms with Crippen molar-refractivity contribution in [3.63, 3.8) is 0 Å². The molecular formula is C19H23BCl2N2O8. The average Bonchev–Trinajstić information content (AvgIpc) is 2.66. The number of benzene rings is 1. The Labute approximate surface area is 194 Å². The van der Waals surface area contributed by atoms with Crippen LogP contribution in [0.3, 0.4) is 0 Å². The molecule has 1 heterocycles. The molecule has 0 spiro atoms. The van der Waals surface area contributed by atoms with Gasteiger partial charge in [0.1, 0.15) is 0 Å². The molecule has 2 atom stereocenters. The number of anilines is 1. The second kappa shape index (κ2) is 10.9. The Bertz CT molecular complexity index is 896. The Balaban J connectivity index is 2.16. The normalized spacial score (nSPS) is 19.3. The maximum atomic E-state index is 12.5. The van der Waals surface area contributed by atoms with Gasteiger partial charge in [0.05, 0.1) is 36.0 Å². The van der Waals surface area contributed by atoms with Gasteiger partial charge in [0.15, 0.2) is 5.60 Å². The minimum Gasteiger partial charge on any atom is -0.508 e. The maximum Gasteiger partial charge on any atom is 0.552 e.